The van der Waals surface area contributed by atoms with E-state index in [1.807, 2.05) is 20.8 Å². The van der Waals surface area contributed by atoms with Crippen molar-refractivity contribution < 1.29 is 23.6 Å². The third-order valence-electron chi connectivity index (χ3n) is 10.1. The predicted molar refractivity (Wildman–Crippen MR) is 161 cm³/mol. The van der Waals surface area contributed by atoms with Crippen LogP contribution in [0.15, 0.2) is 35.9 Å². The molecular weight excluding hydrogens is 529 g/mol. The monoisotopic (exact) mass is 575 g/mol. The number of benzene rings is 1. The first-order chi connectivity index (χ1) is 19.7. The molecule has 9 heteroatoms. The molecular formula is C33H46BN3O5. The largest absolute Gasteiger partial charge is 0.482 e. The van der Waals surface area contributed by atoms with Gasteiger partial charge < -0.3 is 24.3 Å². The maximum Gasteiger partial charge on any atom is 0.482 e. The van der Waals surface area contributed by atoms with Gasteiger partial charge in [-0.1, -0.05) is 70.5 Å². The smallest absolute Gasteiger partial charge is 0.447 e. The molecule has 3 aliphatic carbocycles. The van der Waals surface area contributed by atoms with Gasteiger partial charge in [0.25, 0.3) is 5.91 Å². The molecule has 6 atom stereocenters. The van der Waals surface area contributed by atoms with E-state index in [-0.39, 0.29) is 46.7 Å². The normalized spacial score (nSPS) is 30.7. The standard InChI is InChI=1S/C33H46BN3O5/c1-21-10-12-22(13-11-21)15-28(34-41-27-17-24-16-26(32(24,5)6)33(27,7)42-34)36-30(39)40-20-25-9-8-14-37(25)29(38)23(19-35)18-31(2,3)4/h10-13,18,24-28H,8-9,14-17,20H2,1-7H3,(H,36,39)/t24-,25+,26-,27+,28-,33-/m0/s1. The number of hydrogen-bond donors (Lipinski definition) is 1. The highest BCUT2D eigenvalue weighted by Gasteiger charge is 2.68. The van der Waals surface area contributed by atoms with Gasteiger partial charge in [0.2, 0.25) is 0 Å². The molecule has 0 radical (unpaired) electrons. The van der Waals surface area contributed by atoms with E-state index in [0.717, 1.165) is 24.8 Å². The third kappa shape index (κ3) is 5.98. The molecule has 5 fully saturated rings. The molecule has 2 saturated heterocycles. The number of hydrogen-bond acceptors (Lipinski definition) is 6. The van der Waals surface area contributed by atoms with Crippen LogP contribution in [0.3, 0.4) is 0 Å². The molecule has 42 heavy (non-hydrogen) atoms. The summed E-state index contributed by atoms with van der Waals surface area (Å²) >= 11 is 0. The summed E-state index contributed by atoms with van der Waals surface area (Å²) in [6.07, 6.45) is 5.33. The van der Waals surface area contributed by atoms with Crippen molar-refractivity contribution in [2.45, 2.75) is 104 Å². The Balaban J connectivity index is 1.26. The highest BCUT2D eigenvalue weighted by atomic mass is 16.7. The van der Waals surface area contributed by atoms with Crippen LogP contribution in [-0.4, -0.2) is 60.9 Å². The molecule has 1 aromatic rings. The van der Waals surface area contributed by atoms with Gasteiger partial charge >= 0.3 is 13.2 Å². The molecule has 2 amide bonds. The zero-order chi connectivity index (χ0) is 30.4. The fourth-order valence-corrected chi connectivity index (χ4v) is 7.64. The summed E-state index contributed by atoms with van der Waals surface area (Å²) in [4.78, 5) is 28.1. The Bertz CT molecular complexity index is 1270. The van der Waals surface area contributed by atoms with Gasteiger partial charge in [-0.25, -0.2) is 4.79 Å². The van der Waals surface area contributed by atoms with Gasteiger partial charge in [-0.05, 0) is 74.2 Å². The van der Waals surface area contributed by atoms with E-state index in [1.54, 1.807) is 11.0 Å². The zero-order valence-electron chi connectivity index (χ0n) is 26.2. The van der Waals surface area contributed by atoms with Crippen LogP contribution in [0, 0.1) is 40.9 Å². The molecule has 226 valence electrons. The van der Waals surface area contributed by atoms with Crippen LogP contribution in [-0.2, 0) is 25.3 Å². The summed E-state index contributed by atoms with van der Waals surface area (Å²) in [5.41, 5.74) is 1.91. The van der Waals surface area contributed by atoms with Crippen molar-refractivity contribution in [3.8, 4) is 6.07 Å². The zero-order valence-corrected chi connectivity index (χ0v) is 26.2. The SMILES string of the molecule is Cc1ccc(C[C@H](NC(=O)OC[C@H]2CCCN2C(=O)C(C#N)=CC(C)(C)C)B2O[C@@H]3C[C@@H]4C[C@@H](C4(C)C)[C@]3(C)O2)cc1. The molecule has 5 aliphatic rings. The summed E-state index contributed by atoms with van der Waals surface area (Å²) in [7, 11) is -0.589. The second kappa shape index (κ2) is 11.4. The van der Waals surface area contributed by atoms with Crippen LogP contribution in [0.5, 0.6) is 0 Å². The van der Waals surface area contributed by atoms with Crippen LogP contribution in [0.25, 0.3) is 0 Å². The molecule has 3 saturated carbocycles. The van der Waals surface area contributed by atoms with Crippen LogP contribution < -0.4 is 5.32 Å². The maximum absolute atomic E-state index is 13.2. The van der Waals surface area contributed by atoms with Gasteiger partial charge in [-0.3, -0.25) is 4.79 Å². The number of nitriles is 1. The highest BCUT2D eigenvalue weighted by molar-refractivity contribution is 6.47. The summed E-state index contributed by atoms with van der Waals surface area (Å²) in [5.74, 6) is 0.306. The number of carbonyl (C=O) groups excluding carboxylic acids is 2. The number of ether oxygens (including phenoxy) is 1. The van der Waals surface area contributed by atoms with E-state index in [2.05, 4.69) is 63.3 Å². The number of nitrogens with zero attached hydrogens (tertiary/aromatic N) is 2. The fourth-order valence-electron chi connectivity index (χ4n) is 7.64. The minimum atomic E-state index is -0.589. The van der Waals surface area contributed by atoms with E-state index >= 15 is 0 Å². The van der Waals surface area contributed by atoms with Crippen molar-refractivity contribution in [3.05, 3.63) is 47.0 Å². The Kier molecular flexibility index (Phi) is 8.28. The summed E-state index contributed by atoms with van der Waals surface area (Å²) in [6, 6.07) is 10.1. The Labute approximate surface area is 251 Å². The average molecular weight is 576 g/mol. The molecule has 0 aromatic heterocycles. The Morgan fingerprint density at radius 2 is 1.95 bits per heavy atom. The van der Waals surface area contributed by atoms with Gasteiger partial charge in [-0.15, -0.1) is 0 Å². The van der Waals surface area contributed by atoms with Gasteiger partial charge in [0.15, 0.2) is 0 Å². The average Bonchev–Trinajstić information content (AvgIpc) is 3.54. The maximum atomic E-state index is 13.2. The molecule has 0 unspecified atom stereocenters. The minimum Gasteiger partial charge on any atom is -0.447 e. The Morgan fingerprint density at radius 1 is 1.24 bits per heavy atom. The number of amides is 2. The summed E-state index contributed by atoms with van der Waals surface area (Å²) < 4.78 is 19.0. The number of alkyl carbamates (subject to hydrolysis) is 1. The van der Waals surface area contributed by atoms with Crippen LogP contribution in [0.2, 0.25) is 0 Å². The molecule has 0 spiro atoms. The van der Waals surface area contributed by atoms with Crippen LogP contribution in [0.1, 0.15) is 78.4 Å². The summed E-state index contributed by atoms with van der Waals surface area (Å²) in [6.45, 7) is 15.4. The first-order valence-corrected chi connectivity index (χ1v) is 15.5. The quantitative estimate of drug-likeness (QED) is 0.266. The lowest BCUT2D eigenvalue weighted by atomic mass is 9.43. The molecule has 6 rings (SSSR count). The third-order valence-corrected chi connectivity index (χ3v) is 10.1. The minimum absolute atomic E-state index is 0.00570. The van der Waals surface area contributed by atoms with Crippen molar-refractivity contribution in [1.82, 2.24) is 10.2 Å². The second-order valence-corrected chi connectivity index (χ2v) is 14.7. The first-order valence-electron chi connectivity index (χ1n) is 15.5. The van der Waals surface area contributed by atoms with Gasteiger partial charge in [0, 0.05) is 6.54 Å². The molecule has 2 heterocycles. The predicted octanol–water partition coefficient (Wildman–Crippen LogP) is 5.39. The lowest BCUT2D eigenvalue weighted by Crippen LogP contribution is -2.65. The second-order valence-electron chi connectivity index (χ2n) is 14.7. The Hall–Kier alpha value is -2.83. The molecule has 1 N–H and O–H groups in total. The van der Waals surface area contributed by atoms with Gasteiger partial charge in [0.05, 0.1) is 23.7 Å². The number of carbonyl (C=O) groups is 2. The number of aryl methyl sites for hydroxylation is 1. The van der Waals surface area contributed by atoms with Crippen molar-refractivity contribution in [2.24, 2.45) is 22.7 Å². The van der Waals surface area contributed by atoms with Gasteiger partial charge in [-0.2, -0.15) is 5.26 Å². The van der Waals surface area contributed by atoms with Crippen LogP contribution >= 0.6 is 0 Å². The first kappa shape index (κ1) is 30.6. The fraction of sp³-hybridized carbons (Fsp3) is 0.667. The van der Waals surface area contributed by atoms with E-state index in [1.165, 1.54) is 5.56 Å². The molecule has 2 aliphatic heterocycles. The summed E-state index contributed by atoms with van der Waals surface area (Å²) in [5, 5.41) is 12.7. The number of nitrogens with one attached hydrogen (secondary N) is 1. The number of rotatable bonds is 7. The highest BCUT2D eigenvalue weighted by Crippen LogP contribution is 2.65. The number of likely N-dealkylation sites (tertiary alicyclic amines) is 1. The van der Waals surface area contributed by atoms with Gasteiger partial charge in [0.1, 0.15) is 18.2 Å². The Morgan fingerprint density at radius 3 is 2.60 bits per heavy atom. The van der Waals surface area contributed by atoms with Crippen LogP contribution in [0.4, 0.5) is 4.79 Å². The lowest BCUT2D eigenvalue weighted by Gasteiger charge is -2.64. The molecule has 2 bridgehead atoms. The van der Waals surface area contributed by atoms with Crippen molar-refractivity contribution in [3.63, 3.8) is 0 Å². The number of allylic oxidation sites excluding steroid dienone is 1. The van der Waals surface area contributed by atoms with E-state index < -0.39 is 19.2 Å². The van der Waals surface area contributed by atoms with Crippen molar-refractivity contribution in [2.75, 3.05) is 13.2 Å². The topological polar surface area (TPSA) is 101 Å². The van der Waals surface area contributed by atoms with E-state index in [9.17, 15) is 14.9 Å². The lowest BCUT2D eigenvalue weighted by molar-refractivity contribution is -0.199. The van der Waals surface area contributed by atoms with E-state index in [0.29, 0.717) is 31.2 Å². The van der Waals surface area contributed by atoms with E-state index in [4.69, 9.17) is 14.0 Å². The van der Waals surface area contributed by atoms with Crippen molar-refractivity contribution in [1.29, 1.82) is 5.26 Å². The molecule has 8 nitrogen and oxygen atoms in total. The van der Waals surface area contributed by atoms with Crippen molar-refractivity contribution >= 4 is 19.1 Å². The molecule has 1 aromatic carbocycles.